The molecule has 0 aliphatic rings. The van der Waals surface area contributed by atoms with Crippen LogP contribution in [0.5, 0.6) is 5.75 Å². The Hall–Kier alpha value is -0.940. The molecule has 0 unspecified atom stereocenters. The molecule has 0 bridgehead atoms. The summed E-state index contributed by atoms with van der Waals surface area (Å²) in [5.74, 6) is 0.745. The first-order chi connectivity index (χ1) is 7.24. The van der Waals surface area contributed by atoms with E-state index < -0.39 is 0 Å². The van der Waals surface area contributed by atoms with E-state index in [0.29, 0.717) is 6.61 Å². The predicted octanol–water partition coefficient (Wildman–Crippen LogP) is 3.19. The van der Waals surface area contributed by atoms with E-state index in [-0.39, 0.29) is 0 Å². The smallest absolute Gasteiger partial charge is 0.139 e. The molecule has 2 aromatic rings. The minimum Gasteiger partial charge on any atom is -0.486 e. The molecule has 0 aromatic carbocycles. The van der Waals surface area contributed by atoms with Crippen molar-refractivity contribution in [3.05, 3.63) is 39.0 Å². The van der Waals surface area contributed by atoms with E-state index in [0.717, 1.165) is 20.9 Å². The van der Waals surface area contributed by atoms with E-state index in [1.165, 1.54) is 0 Å². The zero-order chi connectivity index (χ0) is 10.7. The molecule has 0 saturated carbocycles. The molecule has 2 aromatic heterocycles. The highest BCUT2D eigenvalue weighted by atomic mass is 79.9. The van der Waals surface area contributed by atoms with Gasteiger partial charge in [-0.25, -0.2) is 4.98 Å². The predicted molar refractivity (Wildman–Crippen MR) is 63.1 cm³/mol. The van der Waals surface area contributed by atoms with Crippen LogP contribution in [-0.2, 0) is 6.61 Å². The summed E-state index contributed by atoms with van der Waals surface area (Å²) in [6.45, 7) is 2.47. The monoisotopic (exact) mass is 284 g/mol. The molecule has 0 aliphatic carbocycles. The van der Waals surface area contributed by atoms with Gasteiger partial charge in [-0.15, -0.1) is 11.3 Å². The normalized spacial score (nSPS) is 10.3. The zero-order valence-electron chi connectivity index (χ0n) is 8.11. The highest BCUT2D eigenvalue weighted by Crippen LogP contribution is 2.17. The number of ether oxygens (including phenoxy) is 1. The van der Waals surface area contributed by atoms with Crippen LogP contribution in [0.1, 0.15) is 10.7 Å². The Morgan fingerprint density at radius 1 is 1.47 bits per heavy atom. The van der Waals surface area contributed by atoms with Gasteiger partial charge in [-0.3, -0.25) is 4.98 Å². The first-order valence-corrected chi connectivity index (χ1v) is 6.05. The van der Waals surface area contributed by atoms with Crippen LogP contribution in [0.15, 0.2) is 28.3 Å². The summed E-state index contributed by atoms with van der Waals surface area (Å²) in [5.41, 5.74) is 0.956. The number of halogens is 1. The van der Waals surface area contributed by atoms with Crippen molar-refractivity contribution in [3.63, 3.8) is 0 Å². The fourth-order valence-electron chi connectivity index (χ4n) is 1.10. The summed E-state index contributed by atoms with van der Waals surface area (Å²) < 4.78 is 6.45. The van der Waals surface area contributed by atoms with Gasteiger partial charge in [0.15, 0.2) is 0 Å². The first-order valence-electron chi connectivity index (χ1n) is 4.38. The van der Waals surface area contributed by atoms with E-state index in [4.69, 9.17) is 4.74 Å². The molecule has 0 atom stereocenters. The van der Waals surface area contributed by atoms with Crippen molar-refractivity contribution in [3.8, 4) is 5.75 Å². The molecule has 0 radical (unpaired) electrons. The van der Waals surface area contributed by atoms with Gasteiger partial charge in [-0.2, -0.15) is 0 Å². The number of hydrogen-bond donors (Lipinski definition) is 0. The van der Waals surface area contributed by atoms with Crippen molar-refractivity contribution in [1.82, 2.24) is 9.97 Å². The third kappa shape index (κ3) is 3.00. The van der Waals surface area contributed by atoms with E-state index >= 15 is 0 Å². The molecule has 78 valence electrons. The second kappa shape index (κ2) is 4.72. The molecule has 3 nitrogen and oxygen atoms in total. The number of hydrogen-bond acceptors (Lipinski definition) is 4. The number of nitrogens with zero attached hydrogens (tertiary/aromatic N) is 2. The van der Waals surface area contributed by atoms with Crippen LogP contribution < -0.4 is 4.74 Å². The van der Waals surface area contributed by atoms with Crippen molar-refractivity contribution in [1.29, 1.82) is 0 Å². The number of pyridine rings is 1. The van der Waals surface area contributed by atoms with Crippen LogP contribution >= 0.6 is 27.3 Å². The summed E-state index contributed by atoms with van der Waals surface area (Å²) in [7, 11) is 0. The fourth-order valence-corrected chi connectivity index (χ4v) is 2.04. The highest BCUT2D eigenvalue weighted by molar-refractivity contribution is 9.10. The van der Waals surface area contributed by atoms with E-state index in [1.807, 2.05) is 18.4 Å². The average molecular weight is 285 g/mol. The van der Waals surface area contributed by atoms with Crippen LogP contribution in [-0.4, -0.2) is 9.97 Å². The maximum absolute atomic E-state index is 5.54. The molecule has 2 heterocycles. The molecule has 0 aliphatic heterocycles. The topological polar surface area (TPSA) is 35.0 Å². The summed E-state index contributed by atoms with van der Waals surface area (Å²) in [4.78, 5) is 8.32. The second-order valence-electron chi connectivity index (χ2n) is 2.99. The maximum Gasteiger partial charge on any atom is 0.139 e. The minimum absolute atomic E-state index is 0.489. The fraction of sp³-hybridized carbons (Fsp3) is 0.200. The molecule has 0 spiro atoms. The number of thiazole rings is 1. The lowest BCUT2D eigenvalue weighted by Gasteiger charge is -2.03. The highest BCUT2D eigenvalue weighted by Gasteiger charge is 2.00. The van der Waals surface area contributed by atoms with Crippen LogP contribution in [0.25, 0.3) is 0 Å². The van der Waals surface area contributed by atoms with Gasteiger partial charge in [-0.05, 0) is 28.9 Å². The number of rotatable bonds is 3. The Morgan fingerprint density at radius 2 is 2.33 bits per heavy atom. The molecule has 0 saturated heterocycles. The van der Waals surface area contributed by atoms with Gasteiger partial charge in [0.2, 0.25) is 0 Å². The van der Waals surface area contributed by atoms with Gasteiger partial charge < -0.3 is 4.74 Å². The Labute approximate surface area is 100 Å². The molecule has 0 fully saturated rings. The average Bonchev–Trinajstić information content (AvgIpc) is 2.62. The Bertz CT molecular complexity index is 458. The van der Waals surface area contributed by atoms with Crippen LogP contribution in [0.2, 0.25) is 0 Å². The van der Waals surface area contributed by atoms with Crippen molar-refractivity contribution in [2.24, 2.45) is 0 Å². The van der Waals surface area contributed by atoms with Crippen LogP contribution in [0, 0.1) is 6.92 Å². The van der Waals surface area contributed by atoms with Gasteiger partial charge in [0.1, 0.15) is 12.4 Å². The van der Waals surface area contributed by atoms with E-state index in [2.05, 4.69) is 25.9 Å². The summed E-state index contributed by atoms with van der Waals surface area (Å²) >= 11 is 4.96. The molecule has 0 amide bonds. The zero-order valence-corrected chi connectivity index (χ0v) is 10.5. The van der Waals surface area contributed by atoms with Crippen molar-refractivity contribution >= 4 is 27.3 Å². The second-order valence-corrected chi connectivity index (χ2v) is 4.96. The third-order valence-corrected chi connectivity index (χ3v) is 2.99. The number of aromatic nitrogens is 2. The van der Waals surface area contributed by atoms with Crippen LogP contribution in [0.3, 0.4) is 0 Å². The standard InChI is InChI=1S/C10H9BrN2OS/c1-7-13-9(6-15-7)5-14-10-2-8(11)3-12-4-10/h2-4,6H,5H2,1H3. The summed E-state index contributed by atoms with van der Waals surface area (Å²) in [5, 5.41) is 3.06. The summed E-state index contributed by atoms with van der Waals surface area (Å²) in [6, 6.07) is 1.88. The van der Waals surface area contributed by atoms with Gasteiger partial charge in [0.05, 0.1) is 16.9 Å². The largest absolute Gasteiger partial charge is 0.486 e. The molecule has 0 N–H and O–H groups in total. The lowest BCUT2D eigenvalue weighted by Crippen LogP contribution is -1.96. The lowest BCUT2D eigenvalue weighted by atomic mass is 10.4. The molecular weight excluding hydrogens is 276 g/mol. The molecule has 2 rings (SSSR count). The lowest BCUT2D eigenvalue weighted by molar-refractivity contribution is 0.300. The Kier molecular flexibility index (Phi) is 3.33. The Morgan fingerprint density at radius 3 is 3.00 bits per heavy atom. The van der Waals surface area contributed by atoms with E-state index in [1.54, 1.807) is 23.7 Å². The van der Waals surface area contributed by atoms with Crippen molar-refractivity contribution in [2.75, 3.05) is 0 Å². The van der Waals surface area contributed by atoms with Crippen molar-refractivity contribution in [2.45, 2.75) is 13.5 Å². The molecule has 15 heavy (non-hydrogen) atoms. The minimum atomic E-state index is 0.489. The van der Waals surface area contributed by atoms with Gasteiger partial charge in [-0.1, -0.05) is 0 Å². The number of aryl methyl sites for hydroxylation is 1. The van der Waals surface area contributed by atoms with Crippen molar-refractivity contribution < 1.29 is 4.74 Å². The van der Waals surface area contributed by atoms with Crippen LogP contribution in [0.4, 0.5) is 0 Å². The van der Waals surface area contributed by atoms with E-state index in [9.17, 15) is 0 Å². The Balaban J connectivity index is 1.99. The SMILES string of the molecule is Cc1nc(COc2cncc(Br)c2)cs1. The van der Waals surface area contributed by atoms with Gasteiger partial charge in [0, 0.05) is 16.0 Å². The maximum atomic E-state index is 5.54. The quantitative estimate of drug-likeness (QED) is 0.868. The molecular formula is C10H9BrN2OS. The first kappa shape index (κ1) is 10.6. The molecule has 5 heteroatoms. The summed E-state index contributed by atoms with van der Waals surface area (Å²) in [6.07, 6.45) is 3.41. The van der Waals surface area contributed by atoms with Gasteiger partial charge >= 0.3 is 0 Å². The third-order valence-electron chi connectivity index (χ3n) is 1.73. The van der Waals surface area contributed by atoms with Gasteiger partial charge in [0.25, 0.3) is 0 Å².